The Kier molecular flexibility index (Phi) is 3.57. The van der Waals surface area contributed by atoms with E-state index in [1.807, 2.05) is 0 Å². The Labute approximate surface area is 133 Å². The molecule has 23 heavy (non-hydrogen) atoms. The van der Waals surface area contributed by atoms with Crippen LogP contribution in [0.2, 0.25) is 0 Å². The molecule has 120 valence electrons. The molecule has 1 saturated carbocycles. The molecule has 1 aliphatic carbocycles. The van der Waals surface area contributed by atoms with Crippen LogP contribution < -0.4 is 5.32 Å². The van der Waals surface area contributed by atoms with E-state index in [-0.39, 0.29) is 5.91 Å². The van der Waals surface area contributed by atoms with Crippen molar-refractivity contribution in [2.24, 2.45) is 0 Å². The van der Waals surface area contributed by atoms with Crippen LogP contribution >= 0.6 is 0 Å². The van der Waals surface area contributed by atoms with Crippen LogP contribution in [-0.2, 0) is 10.3 Å². The number of ether oxygens (including phenoxy) is 1. The molecule has 0 spiro atoms. The van der Waals surface area contributed by atoms with Crippen LogP contribution in [0.25, 0.3) is 0 Å². The Morgan fingerprint density at radius 2 is 1.96 bits per heavy atom. The molecule has 4 rings (SSSR count). The van der Waals surface area contributed by atoms with Crippen molar-refractivity contribution in [2.75, 3.05) is 13.2 Å². The van der Waals surface area contributed by atoms with Crippen LogP contribution in [0.4, 0.5) is 0 Å². The highest BCUT2D eigenvalue weighted by Crippen LogP contribution is 2.40. The van der Waals surface area contributed by atoms with E-state index in [2.05, 4.69) is 20.4 Å². The first kappa shape index (κ1) is 14.3. The van der Waals surface area contributed by atoms with Crippen LogP contribution in [-0.4, -0.2) is 34.2 Å². The Morgan fingerprint density at radius 3 is 2.65 bits per heavy atom. The second kappa shape index (κ2) is 5.73. The van der Waals surface area contributed by atoms with E-state index in [9.17, 15) is 4.79 Å². The maximum absolute atomic E-state index is 12.6. The van der Waals surface area contributed by atoms with Gasteiger partial charge >= 0.3 is 0 Å². The van der Waals surface area contributed by atoms with Gasteiger partial charge in [-0.2, -0.15) is 0 Å². The van der Waals surface area contributed by atoms with Gasteiger partial charge < -0.3 is 14.6 Å². The second-order valence-electron chi connectivity index (χ2n) is 6.11. The van der Waals surface area contributed by atoms with E-state index < -0.39 is 5.54 Å². The Morgan fingerprint density at radius 1 is 1.22 bits per heavy atom. The van der Waals surface area contributed by atoms with E-state index in [1.54, 1.807) is 24.5 Å². The van der Waals surface area contributed by atoms with Crippen LogP contribution in [0.5, 0.6) is 0 Å². The number of carbonyl (C=O) groups excluding carboxylic acids is 1. The topological polar surface area (TPSA) is 90.1 Å². The van der Waals surface area contributed by atoms with Crippen molar-refractivity contribution >= 4 is 5.91 Å². The van der Waals surface area contributed by atoms with Gasteiger partial charge in [-0.3, -0.25) is 4.79 Å². The molecular weight excluding hydrogens is 296 g/mol. The maximum Gasteiger partial charge on any atom is 0.274 e. The molecule has 1 amide bonds. The number of rotatable bonds is 4. The third-order valence-corrected chi connectivity index (χ3v) is 4.43. The Balaban J connectivity index is 1.58. The van der Waals surface area contributed by atoms with Crippen molar-refractivity contribution < 1.29 is 14.1 Å². The molecule has 2 fully saturated rings. The van der Waals surface area contributed by atoms with Gasteiger partial charge in [-0.25, -0.2) is 9.97 Å². The van der Waals surface area contributed by atoms with Gasteiger partial charge in [0.2, 0.25) is 0 Å². The summed E-state index contributed by atoms with van der Waals surface area (Å²) in [6, 6.07) is 3.50. The van der Waals surface area contributed by atoms with E-state index in [0.717, 1.165) is 18.6 Å². The van der Waals surface area contributed by atoms with Gasteiger partial charge in [-0.15, -0.1) is 0 Å². The second-order valence-corrected chi connectivity index (χ2v) is 6.11. The van der Waals surface area contributed by atoms with Gasteiger partial charge in [0.05, 0.1) is 0 Å². The van der Waals surface area contributed by atoms with Crippen LogP contribution in [0, 0.1) is 0 Å². The lowest BCUT2D eigenvalue weighted by Crippen LogP contribution is -2.50. The predicted octanol–water partition coefficient (Wildman–Crippen LogP) is 1.78. The van der Waals surface area contributed by atoms with Gasteiger partial charge in [0, 0.05) is 50.4 Å². The summed E-state index contributed by atoms with van der Waals surface area (Å²) in [6.45, 7) is 1.12. The standard InChI is InChI=1S/C16H18N4O3/c21-14(12-10-13(23-20-12)11-2-3-11)19-16(4-8-22-9-5-16)15-17-6-1-7-18-15/h1,6-7,10-11H,2-5,8-9H2,(H,19,21). The quantitative estimate of drug-likeness (QED) is 0.925. The number of amides is 1. The lowest BCUT2D eigenvalue weighted by Gasteiger charge is -2.36. The summed E-state index contributed by atoms with van der Waals surface area (Å²) in [5.41, 5.74) is -0.302. The van der Waals surface area contributed by atoms with Gasteiger partial charge in [0.15, 0.2) is 11.5 Å². The first-order valence-electron chi connectivity index (χ1n) is 7.91. The molecule has 7 heteroatoms. The summed E-state index contributed by atoms with van der Waals surface area (Å²) in [5, 5.41) is 6.98. The number of nitrogens with zero attached hydrogens (tertiary/aromatic N) is 3. The molecule has 0 bridgehead atoms. The summed E-state index contributed by atoms with van der Waals surface area (Å²) in [6.07, 6.45) is 6.86. The van der Waals surface area contributed by atoms with Crippen molar-refractivity contribution in [3.8, 4) is 0 Å². The molecule has 7 nitrogen and oxygen atoms in total. The van der Waals surface area contributed by atoms with Gasteiger partial charge in [-0.05, 0) is 18.9 Å². The van der Waals surface area contributed by atoms with Crippen molar-refractivity contribution in [2.45, 2.75) is 37.1 Å². The SMILES string of the molecule is O=C(NC1(c2ncccn2)CCOCC1)c1cc(C2CC2)on1. The minimum absolute atomic E-state index is 0.255. The van der Waals surface area contributed by atoms with E-state index in [4.69, 9.17) is 9.26 Å². The number of hydrogen-bond acceptors (Lipinski definition) is 6. The minimum atomic E-state index is -0.616. The van der Waals surface area contributed by atoms with Crippen molar-refractivity contribution in [3.63, 3.8) is 0 Å². The molecule has 2 aromatic heterocycles. The zero-order valence-electron chi connectivity index (χ0n) is 12.7. The summed E-state index contributed by atoms with van der Waals surface area (Å²) in [7, 11) is 0. The number of nitrogens with one attached hydrogen (secondary N) is 1. The van der Waals surface area contributed by atoms with E-state index in [1.165, 1.54) is 0 Å². The third kappa shape index (κ3) is 2.84. The first-order chi connectivity index (χ1) is 11.3. The fraction of sp³-hybridized carbons (Fsp3) is 0.500. The number of carbonyl (C=O) groups is 1. The fourth-order valence-electron chi connectivity index (χ4n) is 2.91. The first-order valence-corrected chi connectivity index (χ1v) is 7.91. The molecule has 0 radical (unpaired) electrons. The Hall–Kier alpha value is -2.28. The number of hydrogen-bond donors (Lipinski definition) is 1. The molecule has 3 heterocycles. The predicted molar refractivity (Wildman–Crippen MR) is 79.7 cm³/mol. The molecule has 1 aliphatic heterocycles. The molecule has 2 aliphatic rings. The third-order valence-electron chi connectivity index (χ3n) is 4.43. The van der Waals surface area contributed by atoms with Gasteiger partial charge in [-0.1, -0.05) is 5.16 Å². The average molecular weight is 314 g/mol. The van der Waals surface area contributed by atoms with Crippen molar-refractivity contribution in [1.29, 1.82) is 0 Å². The largest absolute Gasteiger partial charge is 0.381 e. The molecule has 0 atom stereocenters. The summed E-state index contributed by atoms with van der Waals surface area (Å²) >= 11 is 0. The summed E-state index contributed by atoms with van der Waals surface area (Å²) in [5.74, 6) is 1.59. The monoisotopic (exact) mass is 314 g/mol. The summed E-state index contributed by atoms with van der Waals surface area (Å²) in [4.78, 5) is 21.3. The summed E-state index contributed by atoms with van der Waals surface area (Å²) < 4.78 is 10.7. The maximum atomic E-state index is 12.6. The van der Waals surface area contributed by atoms with Crippen LogP contribution in [0.3, 0.4) is 0 Å². The lowest BCUT2D eigenvalue weighted by molar-refractivity contribution is 0.0311. The smallest absolute Gasteiger partial charge is 0.274 e. The minimum Gasteiger partial charge on any atom is -0.381 e. The van der Waals surface area contributed by atoms with Gasteiger partial charge in [0.1, 0.15) is 11.3 Å². The highest BCUT2D eigenvalue weighted by Gasteiger charge is 2.39. The zero-order chi connectivity index (χ0) is 15.7. The highest BCUT2D eigenvalue weighted by molar-refractivity contribution is 5.92. The van der Waals surface area contributed by atoms with Crippen molar-refractivity contribution in [1.82, 2.24) is 20.4 Å². The number of aromatic nitrogens is 3. The van der Waals surface area contributed by atoms with Crippen LogP contribution in [0.15, 0.2) is 29.0 Å². The average Bonchev–Trinajstić information content (AvgIpc) is 3.33. The molecule has 0 aromatic carbocycles. The normalized spacial score (nSPS) is 20.2. The van der Waals surface area contributed by atoms with Crippen LogP contribution in [0.1, 0.15) is 53.7 Å². The molecule has 2 aromatic rings. The zero-order valence-corrected chi connectivity index (χ0v) is 12.7. The van der Waals surface area contributed by atoms with E-state index in [0.29, 0.717) is 43.5 Å². The molecule has 0 unspecified atom stereocenters. The van der Waals surface area contributed by atoms with E-state index >= 15 is 0 Å². The van der Waals surface area contributed by atoms with Gasteiger partial charge in [0.25, 0.3) is 5.91 Å². The highest BCUT2D eigenvalue weighted by atomic mass is 16.5. The molecule has 1 saturated heterocycles. The Bertz CT molecular complexity index is 690. The fourth-order valence-corrected chi connectivity index (χ4v) is 2.91. The molecule has 1 N–H and O–H groups in total. The molecular formula is C16H18N4O3. The lowest BCUT2D eigenvalue weighted by atomic mass is 9.88. The van der Waals surface area contributed by atoms with Crippen molar-refractivity contribution in [3.05, 3.63) is 41.8 Å².